The molecular weight excluding hydrogens is 172 g/mol. The zero-order valence-electron chi connectivity index (χ0n) is 7.94. The molecule has 1 aliphatic heterocycles. The van der Waals surface area contributed by atoms with E-state index >= 15 is 0 Å². The molecule has 3 rings (SSSR count). The van der Waals surface area contributed by atoms with Crippen LogP contribution in [0.3, 0.4) is 0 Å². The standard InChI is InChI=1S/C13H12O/c1-2-4-10(5-3-1)12-7-6-11-8-14-9-13(11)12/h1-7,13H,8-9H2. The third-order valence-corrected chi connectivity index (χ3v) is 2.96. The van der Waals surface area contributed by atoms with Crippen LogP contribution in [0.2, 0.25) is 0 Å². The summed E-state index contributed by atoms with van der Waals surface area (Å²) in [6.45, 7) is 1.67. The molecule has 1 heterocycles. The SMILES string of the molecule is C1=C2COCC2C(c2ccccc2)=C1. The molecule has 1 aromatic carbocycles. The van der Waals surface area contributed by atoms with Gasteiger partial charge in [-0.1, -0.05) is 42.5 Å². The number of fused-ring (bicyclic) bond motifs is 1. The Morgan fingerprint density at radius 2 is 1.93 bits per heavy atom. The molecule has 1 atom stereocenters. The maximum absolute atomic E-state index is 5.45. The van der Waals surface area contributed by atoms with Crippen molar-refractivity contribution in [3.8, 4) is 0 Å². The fourth-order valence-corrected chi connectivity index (χ4v) is 2.20. The van der Waals surface area contributed by atoms with Gasteiger partial charge in [0, 0.05) is 5.92 Å². The number of ether oxygens (including phenoxy) is 1. The van der Waals surface area contributed by atoms with E-state index in [0.717, 1.165) is 13.2 Å². The zero-order valence-corrected chi connectivity index (χ0v) is 7.94. The molecule has 0 N–H and O–H groups in total. The van der Waals surface area contributed by atoms with Crippen molar-refractivity contribution in [3.05, 3.63) is 53.6 Å². The normalized spacial score (nSPS) is 24.4. The lowest BCUT2D eigenvalue weighted by Gasteiger charge is -2.10. The van der Waals surface area contributed by atoms with Gasteiger partial charge in [-0.3, -0.25) is 0 Å². The molecule has 70 valence electrons. The van der Waals surface area contributed by atoms with Gasteiger partial charge in [0.15, 0.2) is 0 Å². The minimum absolute atomic E-state index is 0.525. The molecule has 2 aliphatic rings. The second-order valence-electron chi connectivity index (χ2n) is 3.80. The van der Waals surface area contributed by atoms with Gasteiger partial charge < -0.3 is 4.74 Å². The minimum Gasteiger partial charge on any atom is -0.376 e. The second kappa shape index (κ2) is 3.10. The van der Waals surface area contributed by atoms with Gasteiger partial charge in [0.1, 0.15) is 0 Å². The summed E-state index contributed by atoms with van der Waals surface area (Å²) >= 11 is 0. The molecule has 0 saturated carbocycles. The van der Waals surface area contributed by atoms with Crippen molar-refractivity contribution in [1.29, 1.82) is 0 Å². The topological polar surface area (TPSA) is 9.23 Å². The van der Waals surface area contributed by atoms with E-state index in [1.54, 1.807) is 0 Å². The van der Waals surface area contributed by atoms with Gasteiger partial charge in [-0.2, -0.15) is 0 Å². The second-order valence-corrected chi connectivity index (χ2v) is 3.80. The van der Waals surface area contributed by atoms with Crippen molar-refractivity contribution in [3.63, 3.8) is 0 Å². The molecule has 0 amide bonds. The first-order valence-electron chi connectivity index (χ1n) is 4.99. The van der Waals surface area contributed by atoms with Crippen LogP contribution in [-0.2, 0) is 4.74 Å². The molecule has 0 radical (unpaired) electrons. The Morgan fingerprint density at radius 3 is 2.79 bits per heavy atom. The lowest BCUT2D eigenvalue weighted by atomic mass is 9.93. The molecule has 1 unspecified atom stereocenters. The molecule has 1 aliphatic carbocycles. The molecule has 1 nitrogen and oxygen atoms in total. The highest BCUT2D eigenvalue weighted by atomic mass is 16.5. The fraction of sp³-hybridized carbons (Fsp3) is 0.231. The third kappa shape index (κ3) is 1.13. The smallest absolute Gasteiger partial charge is 0.0687 e. The van der Waals surface area contributed by atoms with Crippen molar-refractivity contribution in [2.45, 2.75) is 0 Å². The fourth-order valence-electron chi connectivity index (χ4n) is 2.20. The van der Waals surface area contributed by atoms with Crippen molar-refractivity contribution in [2.75, 3.05) is 13.2 Å². The number of allylic oxidation sites excluding steroid dienone is 2. The van der Waals surface area contributed by atoms with Crippen LogP contribution in [-0.4, -0.2) is 13.2 Å². The minimum atomic E-state index is 0.525. The highest BCUT2D eigenvalue weighted by Gasteiger charge is 2.28. The van der Waals surface area contributed by atoms with Gasteiger partial charge in [0.2, 0.25) is 0 Å². The molecule has 1 heteroatoms. The maximum atomic E-state index is 5.45. The zero-order chi connectivity index (χ0) is 9.38. The summed E-state index contributed by atoms with van der Waals surface area (Å²) < 4.78 is 5.45. The number of hydrogen-bond acceptors (Lipinski definition) is 1. The average molecular weight is 184 g/mol. The van der Waals surface area contributed by atoms with Crippen LogP contribution in [0.1, 0.15) is 5.56 Å². The van der Waals surface area contributed by atoms with E-state index in [2.05, 4.69) is 42.5 Å². The van der Waals surface area contributed by atoms with Crippen LogP contribution >= 0.6 is 0 Å². The van der Waals surface area contributed by atoms with Gasteiger partial charge in [-0.15, -0.1) is 0 Å². The quantitative estimate of drug-likeness (QED) is 0.652. The number of benzene rings is 1. The summed E-state index contributed by atoms with van der Waals surface area (Å²) in [7, 11) is 0. The van der Waals surface area contributed by atoms with Crippen LogP contribution in [0.5, 0.6) is 0 Å². The van der Waals surface area contributed by atoms with Gasteiger partial charge in [-0.25, -0.2) is 0 Å². The summed E-state index contributed by atoms with van der Waals surface area (Å²) in [5.41, 5.74) is 4.18. The highest BCUT2D eigenvalue weighted by molar-refractivity contribution is 5.75. The average Bonchev–Trinajstić information content (AvgIpc) is 2.79. The van der Waals surface area contributed by atoms with E-state index in [9.17, 15) is 0 Å². The van der Waals surface area contributed by atoms with Crippen LogP contribution in [0.4, 0.5) is 0 Å². The Labute approximate surface area is 83.7 Å². The molecule has 1 saturated heterocycles. The predicted molar refractivity (Wildman–Crippen MR) is 56.8 cm³/mol. The largest absolute Gasteiger partial charge is 0.376 e. The molecule has 0 spiro atoms. The summed E-state index contributed by atoms with van der Waals surface area (Å²) in [6, 6.07) is 10.6. The van der Waals surface area contributed by atoms with Gasteiger partial charge in [0.25, 0.3) is 0 Å². The van der Waals surface area contributed by atoms with E-state index in [1.807, 2.05) is 0 Å². The molecule has 14 heavy (non-hydrogen) atoms. The summed E-state index contributed by atoms with van der Waals surface area (Å²) in [5, 5.41) is 0. The van der Waals surface area contributed by atoms with E-state index in [1.165, 1.54) is 16.7 Å². The Balaban J connectivity index is 1.96. The van der Waals surface area contributed by atoms with Gasteiger partial charge in [-0.05, 0) is 16.7 Å². The molecule has 1 fully saturated rings. The number of rotatable bonds is 1. The Bertz CT molecular complexity index is 401. The van der Waals surface area contributed by atoms with Gasteiger partial charge in [0.05, 0.1) is 13.2 Å². The lowest BCUT2D eigenvalue weighted by molar-refractivity contribution is 0.196. The third-order valence-electron chi connectivity index (χ3n) is 2.96. The van der Waals surface area contributed by atoms with Crippen molar-refractivity contribution in [1.82, 2.24) is 0 Å². The molecule has 1 aromatic rings. The van der Waals surface area contributed by atoms with E-state index < -0.39 is 0 Å². The van der Waals surface area contributed by atoms with Crippen LogP contribution in [0.15, 0.2) is 48.1 Å². The molecule has 0 bridgehead atoms. The predicted octanol–water partition coefficient (Wildman–Crippen LogP) is 2.66. The summed E-state index contributed by atoms with van der Waals surface area (Å²) in [4.78, 5) is 0. The van der Waals surface area contributed by atoms with Crippen molar-refractivity contribution in [2.24, 2.45) is 5.92 Å². The lowest BCUT2D eigenvalue weighted by Crippen LogP contribution is -2.01. The summed E-state index contributed by atoms with van der Waals surface area (Å²) in [5.74, 6) is 0.525. The van der Waals surface area contributed by atoms with Crippen molar-refractivity contribution >= 4 is 5.57 Å². The highest BCUT2D eigenvalue weighted by Crippen LogP contribution is 2.37. The van der Waals surface area contributed by atoms with Crippen LogP contribution < -0.4 is 0 Å². The van der Waals surface area contributed by atoms with Crippen LogP contribution in [0.25, 0.3) is 5.57 Å². The summed E-state index contributed by atoms with van der Waals surface area (Å²) in [6.07, 6.45) is 4.44. The van der Waals surface area contributed by atoms with E-state index in [-0.39, 0.29) is 0 Å². The first-order valence-corrected chi connectivity index (χ1v) is 4.99. The van der Waals surface area contributed by atoms with E-state index in [0.29, 0.717) is 5.92 Å². The van der Waals surface area contributed by atoms with Crippen molar-refractivity contribution < 1.29 is 4.74 Å². The molecule has 0 aromatic heterocycles. The Kier molecular flexibility index (Phi) is 1.78. The first kappa shape index (κ1) is 8.01. The molecular formula is C13H12O. The maximum Gasteiger partial charge on any atom is 0.0687 e. The van der Waals surface area contributed by atoms with Gasteiger partial charge >= 0.3 is 0 Å². The van der Waals surface area contributed by atoms with Crippen LogP contribution in [0, 0.1) is 5.92 Å². The number of hydrogen-bond donors (Lipinski definition) is 0. The Morgan fingerprint density at radius 1 is 1.07 bits per heavy atom. The Hall–Kier alpha value is -1.34. The first-order chi connectivity index (χ1) is 6.95. The monoisotopic (exact) mass is 184 g/mol. The van der Waals surface area contributed by atoms with E-state index in [4.69, 9.17) is 4.74 Å².